The topological polar surface area (TPSA) is 80.0 Å². The highest BCUT2D eigenvalue weighted by atomic mass is 16.5. The number of hydrogen-bond acceptors (Lipinski definition) is 5. The third kappa shape index (κ3) is 2.93. The van der Waals surface area contributed by atoms with Gasteiger partial charge in [0.2, 0.25) is 5.91 Å². The monoisotopic (exact) mass is 212 g/mol. The van der Waals surface area contributed by atoms with E-state index in [1.54, 1.807) is 14.0 Å². The second kappa shape index (κ2) is 4.29. The molecular formula is C9H16N4O2. The van der Waals surface area contributed by atoms with Crippen LogP contribution in [0.3, 0.4) is 0 Å². The number of aromatic nitrogens is 2. The van der Waals surface area contributed by atoms with Gasteiger partial charge in [-0.3, -0.25) is 4.79 Å². The fourth-order valence-electron chi connectivity index (χ4n) is 1.08. The minimum atomic E-state index is -0.517. The van der Waals surface area contributed by atoms with Crippen LogP contribution in [-0.2, 0) is 4.79 Å². The van der Waals surface area contributed by atoms with Gasteiger partial charge in [-0.1, -0.05) is 5.16 Å². The number of carbonyl (C=O) groups is 1. The van der Waals surface area contributed by atoms with Gasteiger partial charge in [0.1, 0.15) is 0 Å². The lowest BCUT2D eigenvalue weighted by atomic mass is 9.92. The molecule has 6 heteroatoms. The van der Waals surface area contributed by atoms with Crippen LogP contribution in [-0.4, -0.2) is 29.6 Å². The zero-order valence-electron chi connectivity index (χ0n) is 9.42. The van der Waals surface area contributed by atoms with E-state index in [-0.39, 0.29) is 5.91 Å². The lowest BCUT2D eigenvalue weighted by molar-refractivity contribution is -0.128. The summed E-state index contributed by atoms with van der Waals surface area (Å²) in [5.41, 5.74) is -0.517. The molecule has 0 aromatic carbocycles. The lowest BCUT2D eigenvalue weighted by Crippen LogP contribution is -2.39. The molecule has 0 aliphatic carbocycles. The van der Waals surface area contributed by atoms with E-state index < -0.39 is 5.41 Å². The van der Waals surface area contributed by atoms with E-state index in [2.05, 4.69) is 20.8 Å². The first-order valence-corrected chi connectivity index (χ1v) is 4.72. The Kier molecular flexibility index (Phi) is 3.28. The number of carbonyl (C=O) groups excluding carboxylic acids is 1. The molecule has 2 N–H and O–H groups in total. The second-order valence-corrected chi connectivity index (χ2v) is 3.96. The Balaban J connectivity index is 2.53. The van der Waals surface area contributed by atoms with Crippen LogP contribution in [0.25, 0.3) is 0 Å². The maximum absolute atomic E-state index is 11.4. The zero-order valence-corrected chi connectivity index (χ0v) is 9.42. The van der Waals surface area contributed by atoms with Crippen LogP contribution >= 0.6 is 0 Å². The summed E-state index contributed by atoms with van der Waals surface area (Å²) in [6.45, 7) is 5.84. The Hall–Kier alpha value is -1.59. The molecule has 1 aromatic rings. The largest absolute Gasteiger partial charge is 0.359 e. The van der Waals surface area contributed by atoms with Crippen molar-refractivity contribution >= 4 is 11.9 Å². The predicted octanol–water partition coefficient (Wildman–Crippen LogP) is 0.562. The molecule has 15 heavy (non-hydrogen) atoms. The van der Waals surface area contributed by atoms with E-state index in [9.17, 15) is 4.79 Å². The molecule has 0 bridgehead atoms. The van der Waals surface area contributed by atoms with Gasteiger partial charge in [-0.2, -0.15) is 4.98 Å². The fourth-order valence-corrected chi connectivity index (χ4v) is 1.08. The third-order valence-corrected chi connectivity index (χ3v) is 2.05. The molecule has 1 aromatic heterocycles. The van der Waals surface area contributed by atoms with E-state index in [4.69, 9.17) is 4.52 Å². The molecular weight excluding hydrogens is 196 g/mol. The zero-order chi connectivity index (χ0) is 11.5. The average molecular weight is 212 g/mol. The van der Waals surface area contributed by atoms with Gasteiger partial charge >= 0.3 is 6.01 Å². The molecule has 0 atom stereocenters. The highest BCUT2D eigenvalue weighted by Gasteiger charge is 2.26. The number of rotatable bonds is 4. The molecule has 0 aliphatic rings. The van der Waals surface area contributed by atoms with Crippen LogP contribution < -0.4 is 10.6 Å². The molecule has 84 valence electrons. The van der Waals surface area contributed by atoms with Crippen molar-refractivity contribution in [3.63, 3.8) is 0 Å². The summed E-state index contributed by atoms with van der Waals surface area (Å²) < 4.78 is 4.87. The number of nitrogens with zero attached hydrogens (tertiary/aromatic N) is 2. The summed E-state index contributed by atoms with van der Waals surface area (Å²) in [5.74, 6) is 0.529. The molecule has 0 aliphatic heterocycles. The van der Waals surface area contributed by atoms with Gasteiger partial charge in [0.15, 0.2) is 5.82 Å². The Morgan fingerprint density at radius 3 is 2.67 bits per heavy atom. The van der Waals surface area contributed by atoms with Gasteiger partial charge in [-0.05, 0) is 20.8 Å². The summed E-state index contributed by atoms with van der Waals surface area (Å²) in [6.07, 6.45) is 0. The van der Waals surface area contributed by atoms with Crippen LogP contribution in [0.15, 0.2) is 4.52 Å². The highest BCUT2D eigenvalue weighted by molar-refractivity contribution is 5.82. The van der Waals surface area contributed by atoms with Crippen molar-refractivity contribution in [3.8, 4) is 0 Å². The lowest BCUT2D eigenvalue weighted by Gasteiger charge is -2.21. The molecule has 0 spiro atoms. The predicted molar refractivity (Wildman–Crippen MR) is 55.4 cm³/mol. The van der Waals surface area contributed by atoms with Gasteiger partial charge in [-0.15, -0.1) is 0 Å². The molecule has 0 unspecified atom stereocenters. The summed E-state index contributed by atoms with van der Waals surface area (Å²) >= 11 is 0. The number of nitrogens with one attached hydrogen (secondary N) is 2. The van der Waals surface area contributed by atoms with E-state index in [1.165, 1.54) is 0 Å². The van der Waals surface area contributed by atoms with Crippen molar-refractivity contribution < 1.29 is 9.32 Å². The molecule has 0 saturated heterocycles. The standard InChI is InChI=1S/C9H16N4O2/c1-6-12-8(15-13-6)11-5-9(2,3)7(14)10-4/h5H2,1-4H3,(H,10,14)(H,11,12,13). The SMILES string of the molecule is CNC(=O)C(C)(C)CNc1nc(C)no1. The Labute approximate surface area is 88.4 Å². The molecule has 0 fully saturated rings. The van der Waals surface area contributed by atoms with E-state index >= 15 is 0 Å². The van der Waals surface area contributed by atoms with Crippen molar-refractivity contribution in [2.75, 3.05) is 18.9 Å². The van der Waals surface area contributed by atoms with Gasteiger partial charge in [0.05, 0.1) is 5.41 Å². The minimum absolute atomic E-state index is 0.0359. The normalized spacial score (nSPS) is 11.2. The smallest absolute Gasteiger partial charge is 0.321 e. The number of aryl methyl sites for hydroxylation is 1. The molecule has 1 rings (SSSR count). The number of amides is 1. The van der Waals surface area contributed by atoms with Gasteiger partial charge in [-0.25, -0.2) is 0 Å². The number of anilines is 1. The Morgan fingerprint density at radius 2 is 2.20 bits per heavy atom. The summed E-state index contributed by atoms with van der Waals surface area (Å²) in [4.78, 5) is 15.4. The van der Waals surface area contributed by atoms with Crippen molar-refractivity contribution in [3.05, 3.63) is 5.82 Å². The van der Waals surface area contributed by atoms with E-state index in [1.807, 2.05) is 13.8 Å². The van der Waals surface area contributed by atoms with Crippen LogP contribution in [0.1, 0.15) is 19.7 Å². The minimum Gasteiger partial charge on any atom is -0.359 e. The van der Waals surface area contributed by atoms with E-state index in [0.717, 1.165) is 0 Å². The average Bonchev–Trinajstić information content (AvgIpc) is 2.60. The van der Waals surface area contributed by atoms with Crippen LogP contribution in [0, 0.1) is 12.3 Å². The van der Waals surface area contributed by atoms with Gasteiger partial charge in [0.25, 0.3) is 0 Å². The molecule has 0 saturated carbocycles. The summed E-state index contributed by atoms with van der Waals surface area (Å²) in [6, 6.07) is 0.337. The number of hydrogen-bond donors (Lipinski definition) is 2. The summed E-state index contributed by atoms with van der Waals surface area (Å²) in [7, 11) is 1.61. The first kappa shape index (κ1) is 11.5. The maximum Gasteiger partial charge on any atom is 0.321 e. The Bertz CT molecular complexity index is 346. The quantitative estimate of drug-likeness (QED) is 0.762. The van der Waals surface area contributed by atoms with Crippen molar-refractivity contribution in [1.82, 2.24) is 15.5 Å². The van der Waals surface area contributed by atoms with Crippen LogP contribution in [0.5, 0.6) is 0 Å². The molecule has 6 nitrogen and oxygen atoms in total. The third-order valence-electron chi connectivity index (χ3n) is 2.05. The van der Waals surface area contributed by atoms with Crippen molar-refractivity contribution in [2.24, 2.45) is 5.41 Å². The van der Waals surface area contributed by atoms with Crippen molar-refractivity contribution in [1.29, 1.82) is 0 Å². The van der Waals surface area contributed by atoms with E-state index in [0.29, 0.717) is 18.4 Å². The van der Waals surface area contributed by atoms with Crippen LogP contribution in [0.4, 0.5) is 6.01 Å². The summed E-state index contributed by atoms with van der Waals surface area (Å²) in [5, 5.41) is 9.15. The molecule has 0 radical (unpaired) electrons. The Morgan fingerprint density at radius 1 is 1.53 bits per heavy atom. The second-order valence-electron chi connectivity index (χ2n) is 3.96. The first-order chi connectivity index (χ1) is 6.95. The molecule has 1 amide bonds. The highest BCUT2D eigenvalue weighted by Crippen LogP contribution is 2.15. The molecule has 1 heterocycles. The van der Waals surface area contributed by atoms with Crippen molar-refractivity contribution in [2.45, 2.75) is 20.8 Å². The fraction of sp³-hybridized carbons (Fsp3) is 0.667. The van der Waals surface area contributed by atoms with Gasteiger partial charge in [0, 0.05) is 13.6 Å². The maximum atomic E-state index is 11.4. The van der Waals surface area contributed by atoms with Crippen LogP contribution in [0.2, 0.25) is 0 Å². The first-order valence-electron chi connectivity index (χ1n) is 4.72. The van der Waals surface area contributed by atoms with Gasteiger partial charge < -0.3 is 15.2 Å².